The molecule has 0 radical (unpaired) electrons. The Morgan fingerprint density at radius 1 is 0.889 bits per heavy atom. The first-order chi connectivity index (χ1) is 3.35. The average Bonchev–Trinajstić information content (AvgIpc) is 1.72. The van der Waals surface area contributed by atoms with E-state index in [-0.39, 0.29) is 57.9 Å². The van der Waals surface area contributed by atoms with Crippen LogP contribution in [0.25, 0.3) is 0 Å². The molecule has 0 atom stereocenters. The summed E-state index contributed by atoms with van der Waals surface area (Å²) in [6.07, 6.45) is 0. The van der Waals surface area contributed by atoms with Gasteiger partial charge in [-0.25, -0.2) is 15.8 Å². The van der Waals surface area contributed by atoms with Crippen LogP contribution in [-0.2, 0) is 17.1 Å². The van der Waals surface area contributed by atoms with Crippen molar-refractivity contribution >= 4 is 6.71 Å². The molecule has 0 N–H and O–H groups in total. The van der Waals surface area contributed by atoms with Gasteiger partial charge in [0, 0.05) is 75.8 Å². The van der Waals surface area contributed by atoms with Crippen LogP contribution in [0.1, 0.15) is 0 Å². The molecule has 6 heteroatoms. The smallest absolute Gasteiger partial charge is 0.209 e. The Morgan fingerprint density at radius 3 is 1.11 bits per heavy atom. The third kappa shape index (κ3) is 8.41. The largest absolute Gasteiger partial charge is 0.495 e. The molecular formula is C3BFeN3Nd. The SMILES string of the molecule is N#CB(C#N)C#N.[Fe].[Nd]. The van der Waals surface area contributed by atoms with Crippen molar-refractivity contribution in [1.82, 2.24) is 0 Å². The maximum absolute atomic E-state index is 7.83. The molecule has 0 aliphatic rings. The van der Waals surface area contributed by atoms with E-state index in [1.54, 1.807) is 0 Å². The minimum Gasteiger partial charge on any atom is -0.209 e. The van der Waals surface area contributed by atoms with Crippen LogP contribution in [0.5, 0.6) is 0 Å². The van der Waals surface area contributed by atoms with Gasteiger partial charge in [0.25, 0.3) is 0 Å². The van der Waals surface area contributed by atoms with Crippen LogP contribution in [0.3, 0.4) is 0 Å². The van der Waals surface area contributed by atoms with Crippen molar-refractivity contribution in [2.45, 2.75) is 0 Å². The van der Waals surface area contributed by atoms with Gasteiger partial charge >= 0.3 is 6.71 Å². The molecule has 0 aliphatic heterocycles. The number of nitrogens with zero attached hydrogens (tertiary/aromatic N) is 3. The van der Waals surface area contributed by atoms with Gasteiger partial charge in [-0.1, -0.05) is 0 Å². The van der Waals surface area contributed by atoms with Crippen LogP contribution in [-0.4, -0.2) is 6.71 Å². The molecule has 3 nitrogen and oxygen atoms in total. The van der Waals surface area contributed by atoms with Gasteiger partial charge in [0.1, 0.15) is 0 Å². The molecule has 0 bridgehead atoms. The van der Waals surface area contributed by atoms with Crippen LogP contribution in [0, 0.1) is 74.5 Å². The van der Waals surface area contributed by atoms with E-state index >= 15 is 0 Å². The van der Waals surface area contributed by atoms with Gasteiger partial charge in [-0.3, -0.25) is 0 Å². The molecule has 9 heavy (non-hydrogen) atoms. The summed E-state index contributed by atoms with van der Waals surface area (Å²) < 4.78 is 0. The normalized spacial score (nSPS) is 3.67. The molecule has 0 saturated carbocycles. The van der Waals surface area contributed by atoms with Crippen LogP contribution >= 0.6 is 0 Å². The fraction of sp³-hybridized carbons (Fsp3) is 0. The minimum atomic E-state index is -1.10. The zero-order valence-electron chi connectivity index (χ0n) is 4.27. The molecule has 0 saturated heterocycles. The summed E-state index contributed by atoms with van der Waals surface area (Å²) in [6, 6.07) is 0. The molecule has 0 spiro atoms. The molecular weight excluding hydrogens is 289 g/mol. The summed E-state index contributed by atoms with van der Waals surface area (Å²) in [4.78, 5) is 0. The number of nitriles is 3. The Labute approximate surface area is 97.1 Å². The number of rotatable bonds is 0. The third-order valence-electron chi connectivity index (χ3n) is 0.387. The molecule has 0 amide bonds. The number of hydrogen-bond acceptors (Lipinski definition) is 3. The van der Waals surface area contributed by atoms with E-state index in [0.717, 1.165) is 0 Å². The Hall–Kier alpha value is 0.405. The summed E-state index contributed by atoms with van der Waals surface area (Å²) in [5.41, 5.74) is 0. The molecule has 0 heterocycles. The van der Waals surface area contributed by atoms with Crippen molar-refractivity contribution in [2.75, 3.05) is 0 Å². The van der Waals surface area contributed by atoms with E-state index in [9.17, 15) is 0 Å². The Bertz CT molecular complexity index is 142. The Balaban J connectivity index is -0.000000180. The summed E-state index contributed by atoms with van der Waals surface area (Å²) in [5.74, 6) is 4.44. The molecule has 0 aliphatic carbocycles. The molecule has 0 aromatic rings. The topological polar surface area (TPSA) is 71.4 Å². The number of hydrogen-bond donors (Lipinski definition) is 0. The summed E-state index contributed by atoms with van der Waals surface area (Å²) in [6.45, 7) is -1.10. The van der Waals surface area contributed by atoms with Gasteiger partial charge in [0.2, 0.25) is 0 Å². The molecule has 42 valence electrons. The summed E-state index contributed by atoms with van der Waals surface area (Å²) in [5, 5.41) is 23.5. The second kappa shape index (κ2) is 11.2. The third-order valence-corrected chi connectivity index (χ3v) is 0.387. The van der Waals surface area contributed by atoms with Gasteiger partial charge in [-0.15, -0.1) is 0 Å². The standard InChI is InChI=1S/C3BN3.Fe.Nd/c5-1-4(2-6)3-7;;. The fourth-order valence-electron chi connectivity index (χ4n) is 0.0866. The molecule has 0 aromatic heterocycles. The van der Waals surface area contributed by atoms with Crippen molar-refractivity contribution < 1.29 is 57.9 Å². The molecule has 0 fully saturated rings. The zero-order chi connectivity index (χ0) is 5.70. The van der Waals surface area contributed by atoms with Gasteiger partial charge in [-0.05, 0) is 0 Å². The van der Waals surface area contributed by atoms with Gasteiger partial charge in [0.05, 0.1) is 0 Å². The van der Waals surface area contributed by atoms with E-state index < -0.39 is 6.71 Å². The van der Waals surface area contributed by atoms with Gasteiger partial charge < -0.3 is 0 Å². The van der Waals surface area contributed by atoms with E-state index in [4.69, 9.17) is 15.8 Å². The fourth-order valence-corrected chi connectivity index (χ4v) is 0.0866. The zero-order valence-corrected chi connectivity index (χ0v) is 8.58. The van der Waals surface area contributed by atoms with Crippen molar-refractivity contribution in [1.29, 1.82) is 15.8 Å². The van der Waals surface area contributed by atoms with Crippen molar-refractivity contribution in [2.24, 2.45) is 0 Å². The predicted molar refractivity (Wildman–Crippen MR) is 22.6 cm³/mol. The van der Waals surface area contributed by atoms with Crippen LogP contribution < -0.4 is 0 Å². The maximum Gasteiger partial charge on any atom is 0.495 e. The van der Waals surface area contributed by atoms with Crippen LogP contribution in [0.15, 0.2) is 0 Å². The maximum atomic E-state index is 7.83. The Kier molecular flexibility index (Phi) is 20.2. The summed E-state index contributed by atoms with van der Waals surface area (Å²) in [7, 11) is 0. The van der Waals surface area contributed by atoms with E-state index in [1.807, 2.05) is 0 Å². The predicted octanol–water partition coefficient (Wildman–Crippen LogP) is -0.333. The van der Waals surface area contributed by atoms with Gasteiger partial charge in [0.15, 0.2) is 0 Å². The first-order valence-corrected chi connectivity index (χ1v) is 1.54. The van der Waals surface area contributed by atoms with E-state index in [2.05, 4.69) is 0 Å². The van der Waals surface area contributed by atoms with Crippen LogP contribution in [0.4, 0.5) is 0 Å². The van der Waals surface area contributed by atoms with E-state index in [1.165, 1.54) is 17.9 Å². The van der Waals surface area contributed by atoms with Crippen molar-refractivity contribution in [3.8, 4) is 17.9 Å². The first kappa shape index (κ1) is 16.2. The monoisotopic (exact) mass is 287 g/mol. The first-order valence-electron chi connectivity index (χ1n) is 1.54. The van der Waals surface area contributed by atoms with Crippen molar-refractivity contribution in [3.05, 3.63) is 0 Å². The van der Waals surface area contributed by atoms with Gasteiger partial charge in [-0.2, -0.15) is 0 Å². The average molecular weight is 289 g/mol. The van der Waals surface area contributed by atoms with Crippen LogP contribution in [0.2, 0.25) is 0 Å². The second-order valence-corrected chi connectivity index (χ2v) is 0.820. The molecule has 0 unspecified atom stereocenters. The second-order valence-electron chi connectivity index (χ2n) is 0.820. The minimum absolute atomic E-state index is 0. The summed E-state index contributed by atoms with van der Waals surface area (Å²) >= 11 is 0. The molecule has 0 aromatic carbocycles. The quantitative estimate of drug-likeness (QED) is 0.573. The Morgan fingerprint density at radius 2 is 1.11 bits per heavy atom. The molecule has 0 rings (SSSR count). The van der Waals surface area contributed by atoms with Crippen molar-refractivity contribution in [3.63, 3.8) is 0 Å². The van der Waals surface area contributed by atoms with E-state index in [0.29, 0.717) is 0 Å².